The number of para-hydroxylation sites is 1. The third-order valence-electron chi connectivity index (χ3n) is 3.81. The lowest BCUT2D eigenvalue weighted by molar-refractivity contribution is 0.0478. The Bertz CT molecular complexity index is 899. The second kappa shape index (κ2) is 6.09. The van der Waals surface area contributed by atoms with E-state index in [-0.39, 0.29) is 18.4 Å². The second-order valence-electron chi connectivity index (χ2n) is 5.45. The lowest BCUT2D eigenvalue weighted by atomic mass is 10.1. The largest absolute Gasteiger partial charge is 0.488 e. The number of ether oxygens (including phenoxy) is 2. The first-order valence-electron chi connectivity index (χ1n) is 7.47. The van der Waals surface area contributed by atoms with Gasteiger partial charge in [0.25, 0.3) is 0 Å². The fourth-order valence-electron chi connectivity index (χ4n) is 2.60. The molecule has 24 heavy (non-hydrogen) atoms. The molecule has 0 fully saturated rings. The van der Waals surface area contributed by atoms with Gasteiger partial charge in [0.1, 0.15) is 29.7 Å². The Kier molecular flexibility index (Phi) is 3.78. The van der Waals surface area contributed by atoms with E-state index in [1.54, 1.807) is 12.1 Å². The highest BCUT2D eigenvalue weighted by Gasteiger charge is 2.23. The number of hydrogen-bond donors (Lipinski definition) is 0. The standard InChI is InChI=1S/C19H13FO3S/c20-14-7-5-12(6-8-14)10-23-19(21)17-9-13-11-22-16-4-2-1-3-15(16)18(13)24-17/h1-9H,10-11H2. The van der Waals surface area contributed by atoms with E-state index >= 15 is 0 Å². The summed E-state index contributed by atoms with van der Waals surface area (Å²) in [6, 6.07) is 15.5. The van der Waals surface area contributed by atoms with Gasteiger partial charge in [0.2, 0.25) is 0 Å². The van der Waals surface area contributed by atoms with E-state index in [9.17, 15) is 9.18 Å². The predicted octanol–water partition coefficient (Wildman–Crippen LogP) is 4.80. The third kappa shape index (κ3) is 2.78. The summed E-state index contributed by atoms with van der Waals surface area (Å²) in [5, 5.41) is 0. The number of benzene rings is 2. The van der Waals surface area contributed by atoms with Crippen molar-refractivity contribution in [3.63, 3.8) is 0 Å². The molecule has 120 valence electrons. The van der Waals surface area contributed by atoms with Crippen LogP contribution in [0, 0.1) is 5.82 Å². The predicted molar refractivity (Wildman–Crippen MR) is 89.6 cm³/mol. The maximum Gasteiger partial charge on any atom is 0.348 e. The molecule has 0 aliphatic carbocycles. The van der Waals surface area contributed by atoms with Crippen LogP contribution in [0.25, 0.3) is 10.4 Å². The highest BCUT2D eigenvalue weighted by molar-refractivity contribution is 7.17. The molecule has 2 heterocycles. The minimum atomic E-state index is -0.379. The van der Waals surface area contributed by atoms with Gasteiger partial charge in [0.15, 0.2) is 0 Å². The second-order valence-corrected chi connectivity index (χ2v) is 6.50. The third-order valence-corrected chi connectivity index (χ3v) is 5.00. The molecule has 0 bridgehead atoms. The van der Waals surface area contributed by atoms with Crippen molar-refractivity contribution in [3.05, 3.63) is 76.4 Å². The minimum Gasteiger partial charge on any atom is -0.488 e. The van der Waals surface area contributed by atoms with E-state index in [0.29, 0.717) is 11.5 Å². The van der Waals surface area contributed by atoms with Gasteiger partial charge in [-0.2, -0.15) is 0 Å². The van der Waals surface area contributed by atoms with E-state index in [2.05, 4.69) is 0 Å². The van der Waals surface area contributed by atoms with Gasteiger partial charge in [-0.15, -0.1) is 11.3 Å². The Hall–Kier alpha value is -2.66. The van der Waals surface area contributed by atoms with Gasteiger partial charge in [-0.05, 0) is 35.9 Å². The van der Waals surface area contributed by atoms with Crippen LogP contribution >= 0.6 is 11.3 Å². The van der Waals surface area contributed by atoms with Gasteiger partial charge in [-0.1, -0.05) is 24.3 Å². The summed E-state index contributed by atoms with van der Waals surface area (Å²) in [7, 11) is 0. The minimum absolute atomic E-state index is 0.120. The van der Waals surface area contributed by atoms with E-state index < -0.39 is 0 Å². The van der Waals surface area contributed by atoms with Crippen LogP contribution in [0.15, 0.2) is 54.6 Å². The average Bonchev–Trinajstić information content (AvgIpc) is 3.06. The summed E-state index contributed by atoms with van der Waals surface area (Å²) in [5.74, 6) is 0.143. The molecular weight excluding hydrogens is 327 g/mol. The molecule has 4 rings (SSSR count). The van der Waals surface area contributed by atoms with Gasteiger partial charge in [-0.3, -0.25) is 0 Å². The van der Waals surface area contributed by atoms with E-state index in [0.717, 1.165) is 27.3 Å². The molecule has 1 aliphatic heterocycles. The van der Waals surface area contributed by atoms with Crippen molar-refractivity contribution in [2.24, 2.45) is 0 Å². The zero-order chi connectivity index (χ0) is 16.5. The molecular formula is C19H13FO3S. The van der Waals surface area contributed by atoms with Crippen LogP contribution < -0.4 is 4.74 Å². The van der Waals surface area contributed by atoms with Crippen molar-refractivity contribution in [2.45, 2.75) is 13.2 Å². The van der Waals surface area contributed by atoms with Gasteiger partial charge in [0.05, 0.1) is 0 Å². The van der Waals surface area contributed by atoms with Crippen molar-refractivity contribution < 1.29 is 18.7 Å². The highest BCUT2D eigenvalue weighted by Crippen LogP contribution is 2.42. The number of rotatable bonds is 3. The summed E-state index contributed by atoms with van der Waals surface area (Å²) < 4.78 is 23.9. The van der Waals surface area contributed by atoms with Crippen LogP contribution in [0.1, 0.15) is 20.8 Å². The first kappa shape index (κ1) is 14.9. The Morgan fingerprint density at radius 1 is 1.17 bits per heavy atom. The monoisotopic (exact) mass is 340 g/mol. The Balaban J connectivity index is 1.52. The van der Waals surface area contributed by atoms with Crippen molar-refractivity contribution in [1.29, 1.82) is 0 Å². The maximum absolute atomic E-state index is 12.9. The molecule has 1 aliphatic rings. The molecule has 0 radical (unpaired) electrons. The fourth-order valence-corrected chi connectivity index (χ4v) is 3.69. The van der Waals surface area contributed by atoms with Crippen LogP contribution in [-0.4, -0.2) is 5.97 Å². The van der Waals surface area contributed by atoms with E-state index in [1.807, 2.05) is 30.3 Å². The van der Waals surface area contributed by atoms with Gasteiger partial charge in [-0.25, -0.2) is 9.18 Å². The molecule has 0 saturated carbocycles. The topological polar surface area (TPSA) is 35.5 Å². The van der Waals surface area contributed by atoms with E-state index in [1.165, 1.54) is 23.5 Å². The molecule has 0 spiro atoms. The molecule has 5 heteroatoms. The van der Waals surface area contributed by atoms with Crippen molar-refractivity contribution in [2.75, 3.05) is 0 Å². The number of hydrogen-bond acceptors (Lipinski definition) is 4. The molecule has 0 unspecified atom stereocenters. The first-order valence-corrected chi connectivity index (χ1v) is 8.29. The smallest absolute Gasteiger partial charge is 0.348 e. The van der Waals surface area contributed by atoms with Crippen LogP contribution in [0.5, 0.6) is 5.75 Å². The molecule has 1 aromatic heterocycles. The summed E-state index contributed by atoms with van der Waals surface area (Å²) in [6.07, 6.45) is 0. The average molecular weight is 340 g/mol. The first-order chi connectivity index (χ1) is 11.7. The summed E-state index contributed by atoms with van der Waals surface area (Å²) >= 11 is 1.41. The van der Waals surface area contributed by atoms with Crippen LogP contribution in [-0.2, 0) is 18.0 Å². The highest BCUT2D eigenvalue weighted by atomic mass is 32.1. The summed E-state index contributed by atoms with van der Waals surface area (Å²) in [5.41, 5.74) is 2.74. The van der Waals surface area contributed by atoms with Gasteiger partial charge in [0, 0.05) is 16.0 Å². The lowest BCUT2D eigenvalue weighted by Gasteiger charge is -2.16. The van der Waals surface area contributed by atoms with Crippen molar-refractivity contribution >= 4 is 17.3 Å². The Labute approximate surface area is 142 Å². The Morgan fingerprint density at radius 2 is 1.96 bits per heavy atom. The fraction of sp³-hybridized carbons (Fsp3) is 0.105. The number of halogens is 1. The molecule has 3 aromatic rings. The zero-order valence-electron chi connectivity index (χ0n) is 12.6. The summed E-state index contributed by atoms with van der Waals surface area (Å²) in [4.78, 5) is 13.9. The van der Waals surface area contributed by atoms with Crippen molar-refractivity contribution in [3.8, 4) is 16.2 Å². The normalized spacial score (nSPS) is 12.0. The quantitative estimate of drug-likeness (QED) is 0.642. The Morgan fingerprint density at radius 3 is 2.79 bits per heavy atom. The van der Waals surface area contributed by atoms with Crippen LogP contribution in [0.4, 0.5) is 4.39 Å². The zero-order valence-corrected chi connectivity index (χ0v) is 13.4. The molecule has 0 saturated heterocycles. The molecule has 0 N–H and O–H groups in total. The van der Waals surface area contributed by atoms with Crippen LogP contribution in [0.2, 0.25) is 0 Å². The number of esters is 1. The molecule has 0 atom stereocenters. The lowest BCUT2D eigenvalue weighted by Crippen LogP contribution is -2.03. The maximum atomic E-state index is 12.9. The van der Waals surface area contributed by atoms with Crippen molar-refractivity contribution in [1.82, 2.24) is 0 Å². The molecule has 3 nitrogen and oxygen atoms in total. The van der Waals surface area contributed by atoms with Gasteiger partial charge >= 0.3 is 5.97 Å². The number of thiophene rings is 1. The summed E-state index contributed by atoms with van der Waals surface area (Å²) in [6.45, 7) is 0.572. The molecule has 2 aromatic carbocycles. The molecule has 0 amide bonds. The van der Waals surface area contributed by atoms with Gasteiger partial charge < -0.3 is 9.47 Å². The number of carbonyl (C=O) groups excluding carboxylic acids is 1. The van der Waals surface area contributed by atoms with E-state index in [4.69, 9.17) is 9.47 Å². The SMILES string of the molecule is O=C(OCc1ccc(F)cc1)c1cc2c(s1)-c1ccccc1OC2. The number of carbonyl (C=O) groups is 1. The number of fused-ring (bicyclic) bond motifs is 3. The van der Waals surface area contributed by atoms with Crippen LogP contribution in [0.3, 0.4) is 0 Å².